The number of sulfonamides is 1. The maximum atomic E-state index is 11.6. The number of ether oxygens (including phenoxy) is 1. The van der Waals surface area contributed by atoms with Crippen LogP contribution in [0.5, 0.6) is 0 Å². The summed E-state index contributed by atoms with van der Waals surface area (Å²) in [6.45, 7) is 4.94. The van der Waals surface area contributed by atoms with Crippen molar-refractivity contribution < 1.29 is 13.2 Å². The van der Waals surface area contributed by atoms with Crippen molar-refractivity contribution in [2.24, 2.45) is 0 Å². The van der Waals surface area contributed by atoms with Gasteiger partial charge in [0, 0.05) is 18.8 Å². The fraction of sp³-hybridized carbons (Fsp3) is 0.529. The van der Waals surface area contributed by atoms with Crippen LogP contribution < -0.4 is 9.62 Å². The second kappa shape index (κ2) is 9.05. The summed E-state index contributed by atoms with van der Waals surface area (Å²) in [6.07, 6.45) is 0.543. The zero-order chi connectivity index (χ0) is 19.3. The fourth-order valence-electron chi connectivity index (χ4n) is 2.83. The molecule has 2 aromatic rings. The van der Waals surface area contributed by atoms with Crippen molar-refractivity contribution in [3.63, 3.8) is 0 Å². The van der Waals surface area contributed by atoms with E-state index in [1.165, 1.54) is 18.8 Å². The van der Waals surface area contributed by atoms with E-state index < -0.39 is 10.0 Å². The summed E-state index contributed by atoms with van der Waals surface area (Å²) in [4.78, 5) is 2.17. The van der Waals surface area contributed by atoms with Crippen LogP contribution >= 0.6 is 11.8 Å². The van der Waals surface area contributed by atoms with Crippen molar-refractivity contribution in [2.75, 3.05) is 49.8 Å². The number of rotatable bonds is 8. The smallest absolute Gasteiger partial charge is 0.232 e. The van der Waals surface area contributed by atoms with Crippen LogP contribution in [-0.2, 0) is 14.8 Å². The van der Waals surface area contributed by atoms with Gasteiger partial charge >= 0.3 is 0 Å². The summed E-state index contributed by atoms with van der Waals surface area (Å²) in [7, 11) is -1.75. The van der Waals surface area contributed by atoms with Crippen molar-refractivity contribution >= 4 is 27.7 Å². The summed E-state index contributed by atoms with van der Waals surface area (Å²) < 4.78 is 33.0. The predicted molar refractivity (Wildman–Crippen MR) is 107 cm³/mol. The number of anilines is 1. The number of aryl methyl sites for hydroxylation is 1. The third-order valence-corrected chi connectivity index (χ3v) is 6.73. The zero-order valence-corrected chi connectivity index (χ0v) is 17.2. The second-order valence-electron chi connectivity index (χ2n) is 6.28. The molecule has 1 fully saturated rings. The first-order valence-corrected chi connectivity index (χ1v) is 11.5. The average Bonchev–Trinajstić information content (AvgIpc) is 3.10. The van der Waals surface area contributed by atoms with Gasteiger partial charge in [0.25, 0.3) is 0 Å². The summed E-state index contributed by atoms with van der Waals surface area (Å²) >= 11 is 1.52. The third-order valence-electron chi connectivity index (χ3n) is 4.27. The minimum atomic E-state index is -3.18. The molecule has 0 unspecified atom stereocenters. The van der Waals surface area contributed by atoms with Gasteiger partial charge in [-0.25, -0.2) is 13.1 Å². The van der Waals surface area contributed by atoms with E-state index in [1.807, 2.05) is 12.1 Å². The molecular weight excluding hydrogens is 386 g/mol. The first-order chi connectivity index (χ1) is 13.0. The molecule has 10 heteroatoms. The highest BCUT2D eigenvalue weighted by molar-refractivity contribution is 7.99. The van der Waals surface area contributed by atoms with Crippen LogP contribution in [0.1, 0.15) is 12.0 Å². The van der Waals surface area contributed by atoms with Crippen LogP contribution in [0.3, 0.4) is 0 Å². The second-order valence-corrected chi connectivity index (χ2v) is 9.39. The van der Waals surface area contributed by atoms with Gasteiger partial charge in [-0.05, 0) is 38.1 Å². The lowest BCUT2D eigenvalue weighted by molar-refractivity contribution is 0.122. The Balaban J connectivity index is 1.81. The highest BCUT2D eigenvalue weighted by atomic mass is 32.2. The Morgan fingerprint density at radius 3 is 2.74 bits per heavy atom. The first kappa shape index (κ1) is 20.1. The minimum absolute atomic E-state index is 0.103. The van der Waals surface area contributed by atoms with Gasteiger partial charge in [0.2, 0.25) is 16.0 Å². The van der Waals surface area contributed by atoms with Gasteiger partial charge in [-0.15, -0.1) is 10.2 Å². The molecule has 1 saturated heterocycles. The largest absolute Gasteiger partial charge is 0.378 e. The average molecular weight is 412 g/mol. The molecular formula is C17H25N5O3S2. The number of thioether (sulfide) groups is 1. The van der Waals surface area contributed by atoms with Gasteiger partial charge in [0.05, 0.1) is 24.7 Å². The normalized spacial score (nSPS) is 15.3. The lowest BCUT2D eigenvalue weighted by atomic mass is 10.2. The summed E-state index contributed by atoms with van der Waals surface area (Å²) in [6, 6.07) is 8.21. The van der Waals surface area contributed by atoms with Crippen molar-refractivity contribution in [3.05, 3.63) is 29.8 Å². The molecule has 1 aliphatic heterocycles. The highest BCUT2D eigenvalue weighted by Gasteiger charge is 2.22. The molecule has 0 atom stereocenters. The maximum absolute atomic E-state index is 11.6. The molecule has 1 aromatic carbocycles. The monoisotopic (exact) mass is 411 g/mol. The van der Waals surface area contributed by atoms with E-state index in [2.05, 4.69) is 43.4 Å². The first-order valence-electron chi connectivity index (χ1n) is 8.89. The number of benzene rings is 1. The van der Waals surface area contributed by atoms with Gasteiger partial charge in [-0.3, -0.25) is 4.57 Å². The van der Waals surface area contributed by atoms with E-state index in [4.69, 9.17) is 4.74 Å². The van der Waals surface area contributed by atoms with Crippen molar-refractivity contribution in [1.82, 2.24) is 19.5 Å². The van der Waals surface area contributed by atoms with E-state index in [0.29, 0.717) is 25.4 Å². The Labute approximate surface area is 164 Å². The number of morpholine rings is 1. The highest BCUT2D eigenvalue weighted by Crippen LogP contribution is 2.28. The molecule has 0 spiro atoms. The minimum Gasteiger partial charge on any atom is -0.378 e. The molecule has 1 aromatic heterocycles. The lowest BCUT2D eigenvalue weighted by Crippen LogP contribution is -2.37. The molecule has 0 saturated carbocycles. The molecule has 27 heavy (non-hydrogen) atoms. The van der Waals surface area contributed by atoms with Crippen LogP contribution in [0.25, 0.3) is 5.69 Å². The van der Waals surface area contributed by atoms with Gasteiger partial charge in [-0.1, -0.05) is 23.9 Å². The molecule has 0 amide bonds. The van der Waals surface area contributed by atoms with Gasteiger partial charge in [0.15, 0.2) is 5.16 Å². The van der Waals surface area contributed by atoms with E-state index in [0.717, 1.165) is 35.4 Å². The van der Waals surface area contributed by atoms with Crippen LogP contribution in [0.4, 0.5) is 5.95 Å². The zero-order valence-electron chi connectivity index (χ0n) is 15.6. The Morgan fingerprint density at radius 1 is 1.26 bits per heavy atom. The standard InChI is InChI=1S/C17H25N5O3S2/c1-14-5-3-6-15(13-14)22-16(21-7-9-25-10-8-21)19-20-17(22)26-11-4-12-27(23,24)18-2/h3,5-6,13,18H,4,7-12H2,1-2H3. The van der Waals surface area contributed by atoms with Crippen LogP contribution in [0.2, 0.25) is 0 Å². The Morgan fingerprint density at radius 2 is 2.04 bits per heavy atom. The molecule has 3 rings (SSSR count). The molecule has 0 aliphatic carbocycles. The molecule has 0 radical (unpaired) electrons. The Kier molecular flexibility index (Phi) is 6.74. The van der Waals surface area contributed by atoms with Gasteiger partial charge in [0.1, 0.15) is 0 Å². The van der Waals surface area contributed by atoms with Crippen LogP contribution in [0.15, 0.2) is 29.4 Å². The van der Waals surface area contributed by atoms with Crippen molar-refractivity contribution in [1.29, 1.82) is 0 Å². The van der Waals surface area contributed by atoms with E-state index in [9.17, 15) is 8.42 Å². The number of nitrogens with one attached hydrogen (secondary N) is 1. The number of hydrogen-bond donors (Lipinski definition) is 1. The maximum Gasteiger partial charge on any atom is 0.232 e. The molecule has 8 nitrogen and oxygen atoms in total. The topological polar surface area (TPSA) is 89.3 Å². The van der Waals surface area contributed by atoms with Crippen molar-refractivity contribution in [3.8, 4) is 5.69 Å². The SMILES string of the molecule is CNS(=O)(=O)CCCSc1nnc(N2CCOCC2)n1-c1cccc(C)c1. The van der Waals surface area contributed by atoms with Crippen LogP contribution in [-0.4, -0.2) is 68.0 Å². The Hall–Kier alpha value is -1.62. The van der Waals surface area contributed by atoms with Crippen LogP contribution in [0, 0.1) is 6.92 Å². The molecule has 1 aliphatic rings. The summed E-state index contributed by atoms with van der Waals surface area (Å²) in [5, 5.41) is 9.57. The predicted octanol–water partition coefficient (Wildman–Crippen LogP) is 1.44. The Bertz CT molecular complexity index is 863. The van der Waals surface area contributed by atoms with Gasteiger partial charge < -0.3 is 9.64 Å². The number of hydrogen-bond acceptors (Lipinski definition) is 7. The molecule has 0 bridgehead atoms. The number of aromatic nitrogens is 3. The summed E-state index contributed by atoms with van der Waals surface area (Å²) in [5.74, 6) is 1.55. The lowest BCUT2D eigenvalue weighted by Gasteiger charge is -2.28. The third kappa shape index (κ3) is 5.22. The van der Waals surface area contributed by atoms with Gasteiger partial charge in [-0.2, -0.15) is 0 Å². The van der Waals surface area contributed by atoms with Crippen molar-refractivity contribution in [2.45, 2.75) is 18.5 Å². The summed E-state index contributed by atoms with van der Waals surface area (Å²) in [5.41, 5.74) is 2.16. The number of nitrogens with zero attached hydrogens (tertiary/aromatic N) is 4. The van der Waals surface area contributed by atoms with E-state index >= 15 is 0 Å². The molecule has 148 valence electrons. The van der Waals surface area contributed by atoms with E-state index in [-0.39, 0.29) is 5.75 Å². The fourth-order valence-corrected chi connectivity index (χ4v) is 4.63. The van der Waals surface area contributed by atoms with E-state index in [1.54, 1.807) is 0 Å². The quantitative estimate of drug-likeness (QED) is 0.519. The molecule has 2 heterocycles. The molecule has 1 N–H and O–H groups in total.